The molecule has 0 aliphatic carbocycles. The molecule has 0 fully saturated rings. The summed E-state index contributed by atoms with van der Waals surface area (Å²) in [6.45, 7) is 2.05. The highest BCUT2D eigenvalue weighted by atomic mass is 31.2. The molecule has 0 saturated carbocycles. The van der Waals surface area contributed by atoms with E-state index in [4.69, 9.17) is 0 Å². The van der Waals surface area contributed by atoms with Gasteiger partial charge in [0.25, 0.3) is 0 Å². The van der Waals surface area contributed by atoms with Gasteiger partial charge < -0.3 is 4.57 Å². The lowest BCUT2D eigenvalue weighted by Crippen LogP contribution is -2.22. The number of carbonyl (C=O) groups excluding carboxylic acids is 1. The maximum absolute atomic E-state index is 14.2. The highest BCUT2D eigenvalue weighted by molar-refractivity contribution is 7.93. The minimum Gasteiger partial charge on any atom is -0.305 e. The third-order valence-electron chi connectivity index (χ3n) is 5.04. The molecule has 0 atom stereocenters. The molecule has 0 unspecified atom stereocenters. The van der Waals surface area contributed by atoms with Crippen LogP contribution in [0.4, 0.5) is 0 Å². The van der Waals surface area contributed by atoms with Gasteiger partial charge in [-0.1, -0.05) is 115 Å². The van der Waals surface area contributed by atoms with Crippen molar-refractivity contribution in [3.63, 3.8) is 0 Å². The minimum atomic E-state index is -3.47. The highest BCUT2D eigenvalue weighted by Crippen LogP contribution is 2.46. The van der Waals surface area contributed by atoms with Crippen molar-refractivity contribution in [3.05, 3.63) is 120 Å². The first-order valence-corrected chi connectivity index (χ1v) is 11.2. The molecule has 0 aromatic heterocycles. The molecule has 4 aromatic rings. The third kappa shape index (κ3) is 3.72. The van der Waals surface area contributed by atoms with Crippen LogP contribution in [0.3, 0.4) is 0 Å². The largest absolute Gasteiger partial charge is 0.305 e. The van der Waals surface area contributed by atoms with E-state index in [0.717, 1.165) is 11.1 Å². The molecule has 0 aliphatic heterocycles. The lowest BCUT2D eigenvalue weighted by Gasteiger charge is -2.18. The van der Waals surface area contributed by atoms with Gasteiger partial charge in [0.1, 0.15) is 0 Å². The second-order valence-corrected chi connectivity index (χ2v) is 9.69. The lowest BCUT2D eigenvalue weighted by molar-refractivity contribution is 0.107. The quantitative estimate of drug-likeness (QED) is 0.399. The molecule has 0 N–H and O–H groups in total. The molecule has 4 aromatic carbocycles. The Bertz CT molecular complexity index is 1120. The van der Waals surface area contributed by atoms with E-state index in [2.05, 4.69) is 31.2 Å². The normalized spacial score (nSPS) is 11.2. The average Bonchev–Trinajstić information content (AvgIpc) is 2.80. The van der Waals surface area contributed by atoms with E-state index >= 15 is 0 Å². The molecule has 142 valence electrons. The van der Waals surface area contributed by atoms with Crippen molar-refractivity contribution >= 4 is 23.3 Å². The van der Waals surface area contributed by atoms with E-state index in [0.29, 0.717) is 16.2 Å². The van der Waals surface area contributed by atoms with E-state index in [9.17, 15) is 9.36 Å². The van der Waals surface area contributed by atoms with Crippen LogP contribution < -0.4 is 10.6 Å². The van der Waals surface area contributed by atoms with Crippen molar-refractivity contribution < 1.29 is 9.36 Å². The van der Waals surface area contributed by atoms with Crippen molar-refractivity contribution in [2.45, 2.75) is 6.92 Å². The number of benzene rings is 4. The lowest BCUT2D eigenvalue weighted by atomic mass is 10.0. The predicted molar refractivity (Wildman–Crippen MR) is 121 cm³/mol. The smallest absolute Gasteiger partial charge is 0.230 e. The Labute approximate surface area is 171 Å². The highest BCUT2D eigenvalue weighted by Gasteiger charge is 2.36. The van der Waals surface area contributed by atoms with Gasteiger partial charge >= 0.3 is 0 Å². The Morgan fingerprint density at radius 2 is 1.00 bits per heavy atom. The van der Waals surface area contributed by atoms with Crippen LogP contribution in [0, 0.1) is 6.92 Å². The number of hydrogen-bond acceptors (Lipinski definition) is 2. The first-order chi connectivity index (χ1) is 14.1. The Morgan fingerprint density at radius 1 is 0.586 bits per heavy atom. The second-order valence-electron chi connectivity index (χ2n) is 7.03. The van der Waals surface area contributed by atoms with Crippen LogP contribution in [0.25, 0.3) is 11.1 Å². The summed E-state index contributed by atoms with van der Waals surface area (Å²) in [6, 6.07) is 33.7. The molecular formula is C26H21O2P. The standard InChI is InChI=1S/C26H21O2P/c1-20-12-14-21(15-13-20)22-16-18-23(19-17-22)26(27)29(28,24-8-4-2-5-9-24)25-10-6-3-7-11-25/h2-19H,1H3. The zero-order chi connectivity index (χ0) is 20.3. The van der Waals surface area contributed by atoms with Gasteiger partial charge in [0.2, 0.25) is 12.7 Å². The Kier molecular flexibility index (Phi) is 5.29. The topological polar surface area (TPSA) is 34.1 Å². The van der Waals surface area contributed by atoms with E-state index in [1.807, 2.05) is 48.5 Å². The van der Waals surface area contributed by atoms with Gasteiger partial charge in [-0.25, -0.2) is 0 Å². The Morgan fingerprint density at radius 3 is 1.45 bits per heavy atom. The van der Waals surface area contributed by atoms with Crippen LogP contribution in [-0.2, 0) is 4.57 Å². The molecule has 0 spiro atoms. The summed E-state index contributed by atoms with van der Waals surface area (Å²) in [5.74, 6) is 0. The summed E-state index contributed by atoms with van der Waals surface area (Å²) in [5, 5.41) is 1.11. The number of aryl methyl sites for hydroxylation is 1. The van der Waals surface area contributed by atoms with E-state index in [1.165, 1.54) is 5.56 Å². The predicted octanol–water partition coefficient (Wildman–Crippen LogP) is 5.82. The molecule has 0 bridgehead atoms. The molecule has 3 heteroatoms. The summed E-state index contributed by atoms with van der Waals surface area (Å²) >= 11 is 0. The monoisotopic (exact) mass is 396 g/mol. The molecule has 0 heterocycles. The van der Waals surface area contributed by atoms with Crippen molar-refractivity contribution in [1.29, 1.82) is 0 Å². The summed E-state index contributed by atoms with van der Waals surface area (Å²) in [5.41, 5.74) is 3.43. The van der Waals surface area contributed by atoms with Crippen LogP contribution >= 0.6 is 7.14 Å². The molecule has 2 nitrogen and oxygen atoms in total. The van der Waals surface area contributed by atoms with Crippen molar-refractivity contribution in [2.24, 2.45) is 0 Å². The van der Waals surface area contributed by atoms with Crippen LogP contribution in [0.5, 0.6) is 0 Å². The van der Waals surface area contributed by atoms with Crippen molar-refractivity contribution in [1.82, 2.24) is 0 Å². The molecule has 29 heavy (non-hydrogen) atoms. The molecule has 0 saturated heterocycles. The van der Waals surface area contributed by atoms with E-state index in [-0.39, 0.29) is 5.52 Å². The van der Waals surface area contributed by atoms with Gasteiger partial charge in [0, 0.05) is 16.2 Å². The first kappa shape index (κ1) is 19.1. The van der Waals surface area contributed by atoms with Gasteiger partial charge in [-0.15, -0.1) is 0 Å². The van der Waals surface area contributed by atoms with Crippen LogP contribution in [0.15, 0.2) is 109 Å². The van der Waals surface area contributed by atoms with Gasteiger partial charge in [-0.05, 0) is 18.1 Å². The summed E-state index contributed by atoms with van der Waals surface area (Å²) in [7, 11) is -3.47. The van der Waals surface area contributed by atoms with Gasteiger partial charge in [-0.2, -0.15) is 0 Å². The SMILES string of the molecule is Cc1ccc(-c2ccc(C(=O)P(=O)(c3ccccc3)c3ccccc3)cc2)cc1. The minimum absolute atomic E-state index is 0.342. The zero-order valence-corrected chi connectivity index (χ0v) is 17.1. The number of carbonyl (C=O) groups is 1. The molecular weight excluding hydrogens is 375 g/mol. The second kappa shape index (κ2) is 8.03. The summed E-state index contributed by atoms with van der Waals surface area (Å²) in [6.07, 6.45) is 0. The Balaban J connectivity index is 1.76. The molecule has 4 rings (SSSR count). The van der Waals surface area contributed by atoms with Crippen molar-refractivity contribution in [2.75, 3.05) is 0 Å². The molecule has 0 radical (unpaired) electrons. The molecule has 0 aliphatic rings. The fourth-order valence-corrected chi connectivity index (χ4v) is 5.86. The van der Waals surface area contributed by atoms with Crippen LogP contribution in [0.1, 0.15) is 15.9 Å². The van der Waals surface area contributed by atoms with Crippen LogP contribution in [0.2, 0.25) is 0 Å². The Hall–Kier alpha value is -3.22. The fraction of sp³-hybridized carbons (Fsp3) is 0.0385. The van der Waals surface area contributed by atoms with Gasteiger partial charge in [-0.3, -0.25) is 4.79 Å². The fourth-order valence-electron chi connectivity index (χ4n) is 3.39. The zero-order valence-electron chi connectivity index (χ0n) is 16.2. The third-order valence-corrected chi connectivity index (χ3v) is 7.92. The average molecular weight is 396 g/mol. The van der Waals surface area contributed by atoms with E-state index in [1.54, 1.807) is 36.4 Å². The number of rotatable bonds is 5. The van der Waals surface area contributed by atoms with E-state index < -0.39 is 7.14 Å². The maximum Gasteiger partial charge on any atom is 0.230 e. The summed E-state index contributed by atoms with van der Waals surface area (Å²) in [4.78, 5) is 13.5. The number of hydrogen-bond donors (Lipinski definition) is 0. The summed E-state index contributed by atoms with van der Waals surface area (Å²) < 4.78 is 14.2. The maximum atomic E-state index is 14.2. The van der Waals surface area contributed by atoms with Gasteiger partial charge in [0.15, 0.2) is 0 Å². The molecule has 0 amide bonds. The van der Waals surface area contributed by atoms with Gasteiger partial charge in [0.05, 0.1) is 0 Å². The van der Waals surface area contributed by atoms with Crippen LogP contribution in [-0.4, -0.2) is 5.52 Å². The van der Waals surface area contributed by atoms with Crippen molar-refractivity contribution in [3.8, 4) is 11.1 Å². The first-order valence-electron chi connectivity index (χ1n) is 9.52.